The van der Waals surface area contributed by atoms with E-state index in [0.29, 0.717) is 0 Å². The van der Waals surface area contributed by atoms with Gasteiger partial charge in [-0.15, -0.1) is 0 Å². The molecule has 1 aromatic heterocycles. The van der Waals surface area contributed by atoms with Crippen LogP contribution < -0.4 is 5.32 Å². The van der Waals surface area contributed by atoms with Crippen molar-refractivity contribution in [2.24, 2.45) is 0 Å². The highest BCUT2D eigenvalue weighted by Gasteiger charge is 2.32. The summed E-state index contributed by atoms with van der Waals surface area (Å²) >= 11 is 0. The zero-order valence-electron chi connectivity index (χ0n) is 12.2. The lowest BCUT2D eigenvalue weighted by Crippen LogP contribution is -2.41. The molecule has 0 fully saturated rings. The summed E-state index contributed by atoms with van der Waals surface area (Å²) in [6.45, 7) is 4.48. The number of rotatable bonds is 6. The highest BCUT2D eigenvalue weighted by atomic mass is 32.2. The van der Waals surface area contributed by atoms with Gasteiger partial charge in [-0.3, -0.25) is 9.89 Å². The van der Waals surface area contributed by atoms with Crippen LogP contribution in [-0.2, 0) is 14.8 Å². The molecule has 0 aliphatic carbocycles. The Bertz CT molecular complexity index is 650. The van der Waals surface area contributed by atoms with Crippen LogP contribution in [0.4, 0.5) is 0 Å². The Morgan fingerprint density at radius 2 is 2.00 bits per heavy atom. The van der Waals surface area contributed by atoms with E-state index in [2.05, 4.69) is 15.5 Å². The number of aromatic amines is 1. The molecule has 0 radical (unpaired) electrons. The van der Waals surface area contributed by atoms with Crippen LogP contribution in [0.5, 0.6) is 0 Å². The summed E-state index contributed by atoms with van der Waals surface area (Å²) in [6.07, 6.45) is 0. The van der Waals surface area contributed by atoms with Gasteiger partial charge in [-0.25, -0.2) is 13.2 Å². The average Bonchev–Trinajstić information content (AvgIpc) is 2.70. The highest BCUT2D eigenvalue weighted by Crippen LogP contribution is 2.21. The number of hydrogen-bond acceptors (Lipinski definition) is 5. The van der Waals surface area contributed by atoms with Crippen molar-refractivity contribution in [2.45, 2.75) is 31.7 Å². The van der Waals surface area contributed by atoms with Crippen molar-refractivity contribution >= 4 is 21.9 Å². The molecule has 118 valence electrons. The number of carboxylic acids is 1. The summed E-state index contributed by atoms with van der Waals surface area (Å²) < 4.78 is 25.6. The first-order valence-corrected chi connectivity index (χ1v) is 7.55. The molecule has 10 heteroatoms. The second-order valence-electron chi connectivity index (χ2n) is 4.81. The van der Waals surface area contributed by atoms with E-state index in [4.69, 9.17) is 5.11 Å². The highest BCUT2D eigenvalue weighted by molar-refractivity contribution is 7.89. The number of amides is 1. The Balaban J connectivity index is 3.09. The molecule has 1 rings (SSSR count). The molecule has 1 amide bonds. The van der Waals surface area contributed by atoms with Crippen molar-refractivity contribution in [3.63, 3.8) is 0 Å². The Hall–Kier alpha value is -1.94. The topological polar surface area (TPSA) is 132 Å². The average molecular weight is 318 g/mol. The Kier molecular flexibility index (Phi) is 5.07. The van der Waals surface area contributed by atoms with Crippen LogP contribution in [0.3, 0.4) is 0 Å². The zero-order chi connectivity index (χ0) is 16.4. The summed E-state index contributed by atoms with van der Waals surface area (Å²) in [4.78, 5) is 22.2. The van der Waals surface area contributed by atoms with Gasteiger partial charge in [0.2, 0.25) is 15.9 Å². The molecular formula is C11H18N4O5S. The summed E-state index contributed by atoms with van der Waals surface area (Å²) in [5.41, 5.74) is -0.493. The molecule has 0 atom stereocenters. The predicted molar refractivity (Wildman–Crippen MR) is 73.4 cm³/mol. The van der Waals surface area contributed by atoms with Gasteiger partial charge < -0.3 is 10.4 Å². The lowest BCUT2D eigenvalue weighted by Gasteiger charge is -2.17. The van der Waals surface area contributed by atoms with Crippen molar-refractivity contribution in [1.29, 1.82) is 0 Å². The fourth-order valence-corrected chi connectivity index (χ4v) is 3.10. The molecule has 9 nitrogen and oxygen atoms in total. The SMILES string of the molecule is Cc1[nH]nc(C(=O)O)c1S(=O)(=O)N(C)CC(=O)NC(C)C. The number of likely N-dealkylation sites (N-methyl/N-ethyl adjacent to an activating group) is 1. The van der Waals surface area contributed by atoms with Crippen molar-refractivity contribution in [2.75, 3.05) is 13.6 Å². The number of carboxylic acid groups (broad SMARTS) is 1. The number of aromatic carboxylic acids is 1. The normalized spacial score (nSPS) is 11.9. The second-order valence-corrected chi connectivity index (χ2v) is 6.80. The lowest BCUT2D eigenvalue weighted by molar-refractivity contribution is -0.121. The number of aryl methyl sites for hydroxylation is 1. The van der Waals surface area contributed by atoms with E-state index in [1.54, 1.807) is 13.8 Å². The van der Waals surface area contributed by atoms with Crippen molar-refractivity contribution < 1.29 is 23.1 Å². The van der Waals surface area contributed by atoms with Gasteiger partial charge in [0.15, 0.2) is 5.69 Å². The number of carbonyl (C=O) groups excluding carboxylic acids is 1. The molecule has 0 aliphatic rings. The quantitative estimate of drug-likeness (QED) is 0.651. The van der Waals surface area contributed by atoms with E-state index in [1.807, 2.05) is 0 Å². The van der Waals surface area contributed by atoms with Gasteiger partial charge in [-0.05, 0) is 20.8 Å². The molecule has 0 unspecified atom stereocenters. The minimum absolute atomic E-state index is 0.100. The Labute approximate surface area is 122 Å². The minimum Gasteiger partial charge on any atom is -0.476 e. The van der Waals surface area contributed by atoms with Crippen LogP contribution in [0.2, 0.25) is 0 Å². The third-order valence-corrected chi connectivity index (χ3v) is 4.54. The maximum atomic E-state index is 12.4. The van der Waals surface area contributed by atoms with Gasteiger partial charge in [-0.2, -0.15) is 9.40 Å². The smallest absolute Gasteiger partial charge is 0.357 e. The van der Waals surface area contributed by atoms with Gasteiger partial charge in [0, 0.05) is 13.1 Å². The molecule has 3 N–H and O–H groups in total. The maximum absolute atomic E-state index is 12.4. The number of nitrogens with zero attached hydrogens (tertiary/aromatic N) is 2. The summed E-state index contributed by atoms with van der Waals surface area (Å²) in [5.74, 6) is -1.94. The monoisotopic (exact) mass is 318 g/mol. The summed E-state index contributed by atoms with van der Waals surface area (Å²) in [5, 5.41) is 17.3. The number of aromatic nitrogens is 2. The van der Waals surface area contributed by atoms with Crippen LogP contribution >= 0.6 is 0 Å². The molecule has 0 spiro atoms. The number of hydrogen-bond donors (Lipinski definition) is 3. The van der Waals surface area contributed by atoms with Crippen molar-refractivity contribution in [3.05, 3.63) is 11.4 Å². The third kappa shape index (κ3) is 3.79. The van der Waals surface area contributed by atoms with Crippen LogP contribution in [0.25, 0.3) is 0 Å². The van der Waals surface area contributed by atoms with E-state index in [9.17, 15) is 18.0 Å². The Morgan fingerprint density at radius 3 is 2.48 bits per heavy atom. The number of nitrogens with one attached hydrogen (secondary N) is 2. The van der Waals surface area contributed by atoms with Gasteiger partial charge in [0.25, 0.3) is 0 Å². The van der Waals surface area contributed by atoms with Crippen LogP contribution in [-0.4, -0.2) is 59.5 Å². The first-order chi connectivity index (χ1) is 9.57. The Morgan fingerprint density at radius 1 is 1.43 bits per heavy atom. The largest absolute Gasteiger partial charge is 0.476 e. The van der Waals surface area contributed by atoms with Crippen molar-refractivity contribution in [1.82, 2.24) is 19.8 Å². The fourth-order valence-electron chi connectivity index (χ4n) is 1.69. The second kappa shape index (κ2) is 6.22. The van der Waals surface area contributed by atoms with Crippen LogP contribution in [0.15, 0.2) is 4.90 Å². The predicted octanol–water partition coefficient (Wildman–Crippen LogP) is -0.439. The van der Waals surface area contributed by atoms with Gasteiger partial charge in [-0.1, -0.05) is 0 Å². The van der Waals surface area contributed by atoms with Crippen LogP contribution in [0.1, 0.15) is 30.0 Å². The molecule has 0 saturated carbocycles. The fraction of sp³-hybridized carbons (Fsp3) is 0.545. The molecule has 1 heterocycles. The first kappa shape index (κ1) is 17.1. The van der Waals surface area contributed by atoms with E-state index in [1.165, 1.54) is 14.0 Å². The first-order valence-electron chi connectivity index (χ1n) is 6.11. The molecule has 0 aromatic carbocycles. The van der Waals surface area contributed by atoms with Gasteiger partial charge in [0.1, 0.15) is 4.90 Å². The van der Waals surface area contributed by atoms with Crippen LogP contribution in [0, 0.1) is 6.92 Å². The summed E-state index contributed by atoms with van der Waals surface area (Å²) in [7, 11) is -2.93. The maximum Gasteiger partial charge on any atom is 0.357 e. The number of sulfonamides is 1. The van der Waals surface area contributed by atoms with E-state index in [0.717, 1.165) is 4.31 Å². The zero-order valence-corrected chi connectivity index (χ0v) is 13.0. The molecule has 21 heavy (non-hydrogen) atoms. The molecule has 0 bridgehead atoms. The number of carbonyl (C=O) groups is 2. The van der Waals surface area contributed by atoms with E-state index in [-0.39, 0.29) is 11.7 Å². The van der Waals surface area contributed by atoms with E-state index < -0.39 is 39.0 Å². The summed E-state index contributed by atoms with van der Waals surface area (Å²) in [6, 6.07) is -0.126. The lowest BCUT2D eigenvalue weighted by atomic mass is 10.4. The van der Waals surface area contributed by atoms with Gasteiger partial charge in [0.05, 0.1) is 12.2 Å². The number of H-pyrrole nitrogens is 1. The minimum atomic E-state index is -4.13. The third-order valence-electron chi connectivity index (χ3n) is 2.58. The molecule has 1 aromatic rings. The van der Waals surface area contributed by atoms with E-state index >= 15 is 0 Å². The van der Waals surface area contributed by atoms with Gasteiger partial charge >= 0.3 is 5.97 Å². The van der Waals surface area contributed by atoms with Crippen molar-refractivity contribution in [3.8, 4) is 0 Å². The standard InChI is InChI=1S/C11H18N4O5S/c1-6(2)12-8(16)5-15(4)21(19,20)10-7(3)13-14-9(10)11(17)18/h6H,5H2,1-4H3,(H,12,16)(H,13,14)(H,17,18). The molecule has 0 saturated heterocycles. The molecular weight excluding hydrogens is 300 g/mol. The molecule has 0 aliphatic heterocycles.